The first kappa shape index (κ1) is 15.6. The molecule has 0 radical (unpaired) electrons. The topological polar surface area (TPSA) is 72.2 Å². The van der Waals surface area contributed by atoms with Gasteiger partial charge in [0.2, 0.25) is 5.91 Å². The predicted molar refractivity (Wildman–Crippen MR) is 68.6 cm³/mol. The lowest BCUT2D eigenvalue weighted by atomic mass is 9.85. The lowest BCUT2D eigenvalue weighted by molar-refractivity contribution is -0.121. The molecule has 0 aromatic heterocycles. The molecular weight excluding hydrogens is 224 g/mol. The standard InChI is InChI=1S/C11H24N2O2S/c1-8(16(5)15)7-13-10(14)6-9(12)11(2,3)4/h8-9H,6-7,12H2,1-5H3,(H,13,14). The molecule has 0 fully saturated rings. The van der Waals surface area contributed by atoms with Crippen LogP contribution in [0.4, 0.5) is 0 Å². The van der Waals surface area contributed by atoms with Gasteiger partial charge < -0.3 is 11.1 Å². The van der Waals surface area contributed by atoms with Crippen molar-refractivity contribution in [1.29, 1.82) is 0 Å². The Kier molecular flexibility index (Phi) is 6.18. The maximum atomic E-state index is 11.5. The quantitative estimate of drug-likeness (QED) is 0.749. The van der Waals surface area contributed by atoms with Gasteiger partial charge in [-0.1, -0.05) is 20.8 Å². The van der Waals surface area contributed by atoms with E-state index in [1.807, 2.05) is 27.7 Å². The number of hydrogen-bond donors (Lipinski definition) is 2. The molecule has 96 valence electrons. The number of carbonyl (C=O) groups is 1. The van der Waals surface area contributed by atoms with E-state index in [0.717, 1.165) is 0 Å². The molecule has 1 amide bonds. The molecule has 0 rings (SSSR count). The fraction of sp³-hybridized carbons (Fsp3) is 0.909. The maximum absolute atomic E-state index is 11.5. The van der Waals surface area contributed by atoms with E-state index in [9.17, 15) is 9.00 Å². The zero-order valence-electron chi connectivity index (χ0n) is 10.9. The summed E-state index contributed by atoms with van der Waals surface area (Å²) in [5, 5.41) is 2.74. The van der Waals surface area contributed by atoms with Gasteiger partial charge in [-0.25, -0.2) is 0 Å². The SMILES string of the molecule is CC(CNC(=O)CC(N)C(C)(C)C)S(C)=O. The molecule has 0 aromatic carbocycles. The molecule has 3 atom stereocenters. The van der Waals surface area contributed by atoms with Crippen LogP contribution in [-0.2, 0) is 15.6 Å². The second-order valence-corrected chi connectivity index (χ2v) is 7.09. The van der Waals surface area contributed by atoms with Crippen LogP contribution in [0.25, 0.3) is 0 Å². The Labute approximate surface area is 101 Å². The van der Waals surface area contributed by atoms with E-state index >= 15 is 0 Å². The lowest BCUT2D eigenvalue weighted by Gasteiger charge is -2.26. The van der Waals surface area contributed by atoms with Gasteiger partial charge in [-0.05, 0) is 12.3 Å². The van der Waals surface area contributed by atoms with Crippen molar-refractivity contribution in [3.8, 4) is 0 Å². The first-order chi connectivity index (χ1) is 7.14. The lowest BCUT2D eigenvalue weighted by Crippen LogP contribution is -2.41. The molecule has 5 heteroatoms. The van der Waals surface area contributed by atoms with E-state index in [1.54, 1.807) is 6.26 Å². The van der Waals surface area contributed by atoms with E-state index in [0.29, 0.717) is 13.0 Å². The molecule has 0 aromatic rings. The average Bonchev–Trinajstić information content (AvgIpc) is 2.12. The second-order valence-electron chi connectivity index (χ2n) is 5.29. The number of hydrogen-bond acceptors (Lipinski definition) is 3. The number of carbonyl (C=O) groups excluding carboxylic acids is 1. The van der Waals surface area contributed by atoms with Crippen molar-refractivity contribution in [3.05, 3.63) is 0 Å². The van der Waals surface area contributed by atoms with Crippen molar-refractivity contribution in [3.63, 3.8) is 0 Å². The molecule has 0 spiro atoms. The first-order valence-corrected chi connectivity index (χ1v) is 7.11. The molecule has 0 saturated heterocycles. The highest BCUT2D eigenvalue weighted by atomic mass is 32.2. The Morgan fingerprint density at radius 2 is 1.94 bits per heavy atom. The Hall–Kier alpha value is -0.420. The summed E-state index contributed by atoms with van der Waals surface area (Å²) in [6.07, 6.45) is 1.95. The molecule has 3 unspecified atom stereocenters. The minimum absolute atomic E-state index is 0.0187. The van der Waals surface area contributed by atoms with Gasteiger partial charge in [0.25, 0.3) is 0 Å². The highest BCUT2D eigenvalue weighted by molar-refractivity contribution is 7.84. The largest absolute Gasteiger partial charge is 0.355 e. The Bertz CT molecular complexity index is 261. The van der Waals surface area contributed by atoms with Crippen molar-refractivity contribution >= 4 is 16.7 Å². The van der Waals surface area contributed by atoms with Crippen LogP contribution in [0, 0.1) is 5.41 Å². The highest BCUT2D eigenvalue weighted by Gasteiger charge is 2.23. The van der Waals surface area contributed by atoms with Crippen LogP contribution >= 0.6 is 0 Å². The Morgan fingerprint density at radius 3 is 2.31 bits per heavy atom. The number of nitrogens with two attached hydrogens (primary N) is 1. The van der Waals surface area contributed by atoms with E-state index in [2.05, 4.69) is 5.32 Å². The molecule has 0 bridgehead atoms. The molecular formula is C11H24N2O2S. The van der Waals surface area contributed by atoms with Crippen molar-refractivity contribution in [2.75, 3.05) is 12.8 Å². The molecule has 4 nitrogen and oxygen atoms in total. The summed E-state index contributed by atoms with van der Waals surface area (Å²) in [5.74, 6) is -0.0697. The van der Waals surface area contributed by atoms with Gasteiger partial charge in [0.05, 0.1) is 0 Å². The van der Waals surface area contributed by atoms with Crippen LogP contribution in [0.3, 0.4) is 0 Å². The average molecular weight is 248 g/mol. The summed E-state index contributed by atoms with van der Waals surface area (Å²) in [6.45, 7) is 8.32. The van der Waals surface area contributed by atoms with E-state index in [1.165, 1.54) is 0 Å². The van der Waals surface area contributed by atoms with Crippen LogP contribution < -0.4 is 11.1 Å². The Morgan fingerprint density at radius 1 is 1.44 bits per heavy atom. The molecule has 16 heavy (non-hydrogen) atoms. The summed E-state index contributed by atoms with van der Waals surface area (Å²) >= 11 is 0. The van der Waals surface area contributed by atoms with Crippen LogP contribution in [0.2, 0.25) is 0 Å². The van der Waals surface area contributed by atoms with Crippen molar-refractivity contribution < 1.29 is 9.00 Å². The van der Waals surface area contributed by atoms with Crippen LogP contribution in [-0.4, -0.2) is 34.2 Å². The van der Waals surface area contributed by atoms with Crippen molar-refractivity contribution in [1.82, 2.24) is 5.32 Å². The minimum Gasteiger partial charge on any atom is -0.355 e. The smallest absolute Gasteiger partial charge is 0.221 e. The van der Waals surface area contributed by atoms with Gasteiger partial charge in [0.15, 0.2) is 0 Å². The van der Waals surface area contributed by atoms with E-state index < -0.39 is 10.8 Å². The second kappa shape index (κ2) is 6.35. The zero-order chi connectivity index (χ0) is 12.9. The van der Waals surface area contributed by atoms with Gasteiger partial charge in [-0.15, -0.1) is 0 Å². The third kappa shape index (κ3) is 6.23. The van der Waals surface area contributed by atoms with Gasteiger partial charge in [0.1, 0.15) is 0 Å². The minimum atomic E-state index is -0.902. The highest BCUT2D eigenvalue weighted by Crippen LogP contribution is 2.19. The summed E-state index contributed by atoms with van der Waals surface area (Å²) in [4.78, 5) is 11.5. The van der Waals surface area contributed by atoms with Gasteiger partial charge >= 0.3 is 0 Å². The van der Waals surface area contributed by atoms with Crippen LogP contribution in [0.5, 0.6) is 0 Å². The van der Waals surface area contributed by atoms with Gasteiger partial charge in [0, 0.05) is 41.3 Å². The third-order valence-electron chi connectivity index (χ3n) is 2.67. The number of amides is 1. The summed E-state index contributed by atoms with van der Waals surface area (Å²) in [5.41, 5.74) is 5.82. The van der Waals surface area contributed by atoms with Crippen LogP contribution in [0.15, 0.2) is 0 Å². The fourth-order valence-corrected chi connectivity index (χ4v) is 1.27. The molecule has 0 aliphatic rings. The predicted octanol–water partition coefficient (Wildman–Crippen LogP) is 0.633. The molecule has 0 heterocycles. The summed E-state index contributed by atoms with van der Waals surface area (Å²) < 4.78 is 11.1. The summed E-state index contributed by atoms with van der Waals surface area (Å²) in [7, 11) is -0.902. The van der Waals surface area contributed by atoms with Gasteiger partial charge in [-0.2, -0.15) is 0 Å². The third-order valence-corrected chi connectivity index (χ3v) is 3.97. The fourth-order valence-electron chi connectivity index (χ4n) is 0.953. The monoisotopic (exact) mass is 248 g/mol. The molecule has 0 aliphatic carbocycles. The molecule has 3 N–H and O–H groups in total. The summed E-state index contributed by atoms with van der Waals surface area (Å²) in [6, 6.07) is -0.157. The van der Waals surface area contributed by atoms with E-state index in [-0.39, 0.29) is 22.6 Å². The normalized spacial score (nSPS) is 17.6. The first-order valence-electron chi connectivity index (χ1n) is 5.49. The van der Waals surface area contributed by atoms with Crippen molar-refractivity contribution in [2.24, 2.45) is 11.1 Å². The molecule has 0 saturated carbocycles. The number of rotatable bonds is 5. The maximum Gasteiger partial charge on any atom is 0.221 e. The van der Waals surface area contributed by atoms with Gasteiger partial charge in [-0.3, -0.25) is 9.00 Å². The number of nitrogens with one attached hydrogen (secondary N) is 1. The molecule has 0 aliphatic heterocycles. The van der Waals surface area contributed by atoms with Crippen LogP contribution in [0.1, 0.15) is 34.1 Å². The van der Waals surface area contributed by atoms with E-state index in [4.69, 9.17) is 5.73 Å². The Balaban J connectivity index is 3.97. The van der Waals surface area contributed by atoms with Crippen molar-refractivity contribution in [2.45, 2.75) is 45.4 Å². The zero-order valence-corrected chi connectivity index (χ0v) is 11.7.